The topological polar surface area (TPSA) is 0 Å². The van der Waals surface area contributed by atoms with Crippen molar-refractivity contribution in [1.29, 1.82) is 0 Å². The third-order valence-corrected chi connectivity index (χ3v) is 10.7. The van der Waals surface area contributed by atoms with E-state index in [0.29, 0.717) is 25.7 Å². The molecule has 14 heteroatoms. The van der Waals surface area contributed by atoms with Gasteiger partial charge in [0.1, 0.15) is 0 Å². The molecule has 0 heterocycles. The Labute approximate surface area is 210 Å². The Balaban J connectivity index is 1.62. The Bertz CT molecular complexity index is 612. The second-order valence-electron chi connectivity index (χ2n) is 10.3. The van der Waals surface area contributed by atoms with Gasteiger partial charge in [0.05, 0.1) is 23.7 Å². The Hall–Kier alpha value is -0.140. The van der Waals surface area contributed by atoms with E-state index in [0.717, 1.165) is 23.5 Å². The van der Waals surface area contributed by atoms with Gasteiger partial charge in [0.2, 0.25) is 0 Å². The van der Waals surface area contributed by atoms with E-state index in [1.807, 2.05) is 0 Å². The monoisotopic (exact) mass is 584 g/mol. The fraction of sp³-hybridized carbons (Fsp3) is 1.00. The van der Waals surface area contributed by atoms with Crippen LogP contribution in [0, 0.1) is 23.7 Å². The molecule has 36 heavy (non-hydrogen) atoms. The fourth-order valence-corrected chi connectivity index (χ4v) is 9.59. The third kappa shape index (κ3) is 8.43. The lowest BCUT2D eigenvalue weighted by atomic mass is 9.80. The normalized spacial score (nSPS) is 37.7. The molecule has 0 N–H and O–H groups in total. The van der Waals surface area contributed by atoms with Crippen molar-refractivity contribution in [1.82, 2.24) is 0 Å². The van der Waals surface area contributed by atoms with Crippen molar-refractivity contribution in [3.63, 3.8) is 0 Å². The average Bonchev–Trinajstić information content (AvgIpc) is 2.71. The summed E-state index contributed by atoms with van der Waals surface area (Å²) in [6.45, 7) is 0. The van der Waals surface area contributed by atoms with Crippen LogP contribution in [0.2, 0.25) is 0 Å². The van der Waals surface area contributed by atoms with E-state index in [2.05, 4.69) is 0 Å². The van der Waals surface area contributed by atoms with Crippen LogP contribution in [0.3, 0.4) is 0 Å². The van der Waals surface area contributed by atoms with Gasteiger partial charge in [-0.25, -0.2) is 0 Å². The first kappa shape index (κ1) is 30.4. The van der Waals surface area contributed by atoms with Gasteiger partial charge in [-0.1, -0.05) is 6.42 Å². The molecule has 0 radical (unpaired) electrons. The van der Waals surface area contributed by atoms with E-state index in [-0.39, 0.29) is 10.5 Å². The highest BCUT2D eigenvalue weighted by atomic mass is 32.2. The van der Waals surface area contributed by atoms with Gasteiger partial charge in [0.25, 0.3) is 0 Å². The fourth-order valence-electron chi connectivity index (χ4n) is 5.72. The van der Waals surface area contributed by atoms with Crippen LogP contribution in [0.5, 0.6) is 0 Å². The lowest BCUT2D eigenvalue weighted by Gasteiger charge is -2.40. The van der Waals surface area contributed by atoms with Crippen molar-refractivity contribution >= 4 is 23.5 Å². The van der Waals surface area contributed by atoms with E-state index in [4.69, 9.17) is 0 Å². The largest absolute Gasteiger partial charge is 0.391 e. The summed E-state index contributed by atoms with van der Waals surface area (Å²) in [5, 5.41) is -2.26. The molecule has 3 fully saturated rings. The molecule has 0 aliphatic heterocycles. The van der Waals surface area contributed by atoms with Gasteiger partial charge >= 0.3 is 24.7 Å². The average molecular weight is 585 g/mol. The molecule has 0 amide bonds. The van der Waals surface area contributed by atoms with Gasteiger partial charge in [0.15, 0.2) is 0 Å². The van der Waals surface area contributed by atoms with Crippen molar-refractivity contribution in [3.8, 4) is 0 Å². The number of halogens is 12. The first-order valence-electron chi connectivity index (χ1n) is 11.9. The van der Waals surface area contributed by atoms with Crippen LogP contribution in [0.1, 0.15) is 64.2 Å². The number of thioether (sulfide) groups is 2. The molecule has 3 saturated carbocycles. The summed E-state index contributed by atoms with van der Waals surface area (Å²) in [5.41, 5.74) is 0. The van der Waals surface area contributed by atoms with E-state index in [1.165, 1.54) is 0 Å². The zero-order valence-corrected chi connectivity index (χ0v) is 20.7. The summed E-state index contributed by atoms with van der Waals surface area (Å²) >= 11 is 2.17. The second-order valence-corrected chi connectivity index (χ2v) is 13.5. The lowest BCUT2D eigenvalue weighted by molar-refractivity contribution is -0.222. The lowest BCUT2D eigenvalue weighted by Crippen LogP contribution is -2.40. The van der Waals surface area contributed by atoms with E-state index in [9.17, 15) is 52.7 Å². The molecule has 0 aromatic heterocycles. The molecule has 212 valence electrons. The minimum Gasteiger partial charge on any atom is -0.171 e. The number of hydrogen-bond donors (Lipinski definition) is 0. The van der Waals surface area contributed by atoms with Crippen LogP contribution in [0.4, 0.5) is 52.7 Å². The highest BCUT2D eigenvalue weighted by Gasteiger charge is 2.53. The van der Waals surface area contributed by atoms with Crippen molar-refractivity contribution < 1.29 is 52.7 Å². The minimum atomic E-state index is -4.74. The zero-order valence-electron chi connectivity index (χ0n) is 19.0. The molecule has 6 atom stereocenters. The zero-order chi connectivity index (χ0) is 27.1. The first-order chi connectivity index (χ1) is 16.3. The number of alkyl halides is 12. The molecular formula is C22H28F12S2. The van der Waals surface area contributed by atoms with Crippen molar-refractivity contribution in [2.24, 2.45) is 23.7 Å². The second kappa shape index (κ2) is 11.2. The highest BCUT2D eigenvalue weighted by Crippen LogP contribution is 2.52. The SMILES string of the molecule is FC(F)(F)C1CC(SC2CCCC(SC3CC(C(F)(F)F)CC(C(F)(F)F)C3)C2)CC(C(F)(F)F)C1. The molecule has 3 aliphatic carbocycles. The summed E-state index contributed by atoms with van der Waals surface area (Å²) in [7, 11) is 0. The quantitative estimate of drug-likeness (QED) is 0.302. The minimum absolute atomic E-state index is 0.275. The number of hydrogen-bond acceptors (Lipinski definition) is 2. The molecule has 0 aromatic carbocycles. The smallest absolute Gasteiger partial charge is 0.171 e. The molecule has 0 aromatic rings. The van der Waals surface area contributed by atoms with Crippen molar-refractivity contribution in [2.45, 2.75) is 110 Å². The summed E-state index contributed by atoms with van der Waals surface area (Å²) in [5.74, 6) is -8.20. The summed E-state index contributed by atoms with van der Waals surface area (Å²) in [4.78, 5) is 0. The maximum absolute atomic E-state index is 13.3. The van der Waals surface area contributed by atoms with Gasteiger partial charge in [-0.05, 0) is 57.8 Å². The standard InChI is InChI=1S/C22H28F12S2/c23-19(24,25)11-4-12(20(26,27)28)7-17(6-11)35-15-2-1-3-16(10-15)36-18-8-13(21(29,30)31)5-14(9-18)22(32,33)34/h11-18H,1-10H2. The maximum Gasteiger partial charge on any atom is 0.391 e. The van der Waals surface area contributed by atoms with Gasteiger partial charge in [-0.3, -0.25) is 0 Å². The summed E-state index contributed by atoms with van der Waals surface area (Å²) < 4.78 is 159. The molecule has 6 unspecified atom stereocenters. The Morgan fingerprint density at radius 3 is 0.889 bits per heavy atom. The van der Waals surface area contributed by atoms with E-state index < -0.39 is 97.4 Å². The highest BCUT2D eigenvalue weighted by molar-refractivity contribution is 8.01. The van der Waals surface area contributed by atoms with Crippen LogP contribution in [-0.4, -0.2) is 45.7 Å². The maximum atomic E-state index is 13.3. The van der Waals surface area contributed by atoms with Crippen LogP contribution in [-0.2, 0) is 0 Å². The molecule has 0 bridgehead atoms. The molecular weight excluding hydrogens is 556 g/mol. The predicted molar refractivity (Wildman–Crippen MR) is 115 cm³/mol. The van der Waals surface area contributed by atoms with Gasteiger partial charge in [-0.15, -0.1) is 0 Å². The van der Waals surface area contributed by atoms with E-state index >= 15 is 0 Å². The Kier molecular flexibility index (Phi) is 9.42. The Morgan fingerprint density at radius 2 is 0.639 bits per heavy atom. The Morgan fingerprint density at radius 1 is 0.361 bits per heavy atom. The third-order valence-electron chi connectivity index (χ3n) is 7.53. The van der Waals surface area contributed by atoms with Gasteiger partial charge < -0.3 is 0 Å². The van der Waals surface area contributed by atoms with Gasteiger partial charge in [-0.2, -0.15) is 76.2 Å². The van der Waals surface area contributed by atoms with Crippen molar-refractivity contribution in [3.05, 3.63) is 0 Å². The van der Waals surface area contributed by atoms with Crippen LogP contribution in [0.25, 0.3) is 0 Å². The van der Waals surface area contributed by atoms with Gasteiger partial charge in [0, 0.05) is 21.0 Å². The number of rotatable bonds is 4. The first-order valence-corrected chi connectivity index (χ1v) is 13.8. The predicted octanol–water partition coefficient (Wildman–Crippen LogP) is 9.58. The molecule has 0 saturated heterocycles. The summed E-state index contributed by atoms with van der Waals surface area (Å²) in [6.07, 6.45) is -20.6. The van der Waals surface area contributed by atoms with Crippen LogP contribution < -0.4 is 0 Å². The van der Waals surface area contributed by atoms with E-state index in [1.54, 1.807) is 0 Å². The molecule has 3 aliphatic rings. The van der Waals surface area contributed by atoms with Crippen LogP contribution in [0.15, 0.2) is 0 Å². The summed E-state index contributed by atoms with van der Waals surface area (Å²) in [6, 6.07) is 0. The van der Waals surface area contributed by atoms with Crippen LogP contribution >= 0.6 is 23.5 Å². The molecule has 0 nitrogen and oxygen atoms in total. The molecule has 0 spiro atoms. The molecule has 3 rings (SSSR count). The van der Waals surface area contributed by atoms with Crippen molar-refractivity contribution in [2.75, 3.05) is 0 Å².